The molecular weight excluding hydrogens is 1360 g/mol. The largest absolute Gasteiger partial charge is 0.359 e. The van der Waals surface area contributed by atoms with E-state index in [2.05, 4.69) is 179 Å². The lowest BCUT2D eigenvalue weighted by Gasteiger charge is -2.02. The SMILES string of the molecule is C1=C(Cn2nc(-c3ccccc3)c3ccccc32)N=NC1.Cc1cc(Cn2nc(-c3ccccc3)c3ccccc32)on1.Cn1cc(Cn2nc(-c3ccccc3)c3ccccc32)nn1.Cn1ncnc1Cn1nc(-c2ccccc2)c2ccccc21.Cn1nnc(Cn2nc(-c3ccccc3)c3ccccc32)n1. The standard InChI is InChI=1S/C18H15N3O.2C17H15N5.C17H14N4.C16H14N6/c1-13-11-15(22-20-13)12-21-17-10-6-5-9-16(17)18(19-21)14-7-3-2-4-8-14;1-21-11-14(18-20-21)12-22-16-10-6-5-9-15(16)17(19-22)13-7-3-2-4-8-13;1-21-16(18-12-19-21)11-22-15-10-6-5-9-14(15)17(20-22)13-7-3-2-4-8-13;1-2-6-13(7-3-1)17-15-8-4-5-9-16(15)21(20-17)12-14-10-11-18-19-14;1-21-18-15(17-20-21)11-22-14-10-6-5-9-13(14)16(19-22)12-7-3-2-4-8-12/h2*2-11H,12H2,1H3;2-10,12H,11H2,1H3;1-10H,11-12H2;2-10H,11H2,1H3. The molecular formula is C85H73N23O. The highest BCUT2D eigenvalue weighted by atomic mass is 16.5. The Labute approximate surface area is 625 Å². The molecule has 1 aliphatic rings. The highest BCUT2D eigenvalue weighted by Crippen LogP contribution is 2.34. The highest BCUT2D eigenvalue weighted by molar-refractivity contribution is 5.97. The number of hydrogen-bond donors (Lipinski definition) is 0. The van der Waals surface area contributed by atoms with Crippen LogP contribution in [0.5, 0.6) is 0 Å². The van der Waals surface area contributed by atoms with Gasteiger partial charge in [-0.2, -0.15) is 45.6 Å². The number of allylic oxidation sites excluding steroid dienone is 1. The number of nitrogens with zero attached hydrogens (tertiary/aromatic N) is 23. The second kappa shape index (κ2) is 31.8. The lowest BCUT2D eigenvalue weighted by Crippen LogP contribution is -2.08. The number of tetrazole rings is 1. The van der Waals surface area contributed by atoms with Crippen LogP contribution in [-0.2, 0) is 53.9 Å². The van der Waals surface area contributed by atoms with Crippen LogP contribution in [0.2, 0.25) is 0 Å². The van der Waals surface area contributed by atoms with E-state index in [-0.39, 0.29) is 0 Å². The monoisotopic (exact) mass is 1430 g/mol. The smallest absolute Gasteiger partial charge is 0.196 e. The van der Waals surface area contributed by atoms with E-state index in [0.29, 0.717) is 45.1 Å². The second-order valence-electron chi connectivity index (χ2n) is 25.9. The molecule has 10 heterocycles. The highest BCUT2D eigenvalue weighted by Gasteiger charge is 2.20. The number of azo groups is 1. The Kier molecular flexibility index (Phi) is 20.1. The van der Waals surface area contributed by atoms with Crippen LogP contribution >= 0.6 is 0 Å². The van der Waals surface area contributed by atoms with Gasteiger partial charge in [-0.3, -0.25) is 32.8 Å². The lowest BCUT2D eigenvalue weighted by atomic mass is 10.1. The van der Waals surface area contributed by atoms with Crippen LogP contribution < -0.4 is 0 Å². The molecule has 534 valence electrons. The predicted molar refractivity (Wildman–Crippen MR) is 422 cm³/mol. The third-order valence-corrected chi connectivity index (χ3v) is 18.3. The molecule has 0 fully saturated rings. The van der Waals surface area contributed by atoms with Gasteiger partial charge in [0.25, 0.3) is 0 Å². The summed E-state index contributed by atoms with van der Waals surface area (Å²) in [5, 5.41) is 66.2. The van der Waals surface area contributed by atoms with Crippen LogP contribution in [0, 0.1) is 6.92 Å². The van der Waals surface area contributed by atoms with Gasteiger partial charge < -0.3 is 4.52 Å². The fraction of sp³-hybridized carbons (Fsp3) is 0.118. The van der Waals surface area contributed by atoms with Gasteiger partial charge in [-0.1, -0.05) is 253 Å². The van der Waals surface area contributed by atoms with E-state index >= 15 is 0 Å². The van der Waals surface area contributed by atoms with E-state index in [4.69, 9.17) is 30.0 Å². The maximum Gasteiger partial charge on any atom is 0.196 e. The maximum absolute atomic E-state index is 5.32. The van der Waals surface area contributed by atoms with Crippen molar-refractivity contribution < 1.29 is 4.52 Å². The number of hydrogen-bond acceptors (Lipinski definition) is 16. The third kappa shape index (κ3) is 15.5. The molecule has 0 spiro atoms. The van der Waals surface area contributed by atoms with Gasteiger partial charge in [-0.15, -0.1) is 15.3 Å². The van der Waals surface area contributed by atoms with Crippen molar-refractivity contribution in [2.75, 3.05) is 6.54 Å². The Bertz CT molecular complexity index is 5950. The van der Waals surface area contributed by atoms with E-state index in [1.54, 1.807) is 22.7 Å². The van der Waals surface area contributed by atoms with Crippen LogP contribution in [0.4, 0.5) is 0 Å². The van der Waals surface area contributed by atoms with Gasteiger partial charge in [0.2, 0.25) is 0 Å². The number of para-hydroxylation sites is 5. The van der Waals surface area contributed by atoms with Gasteiger partial charge in [-0.05, 0) is 48.5 Å². The number of rotatable bonds is 15. The van der Waals surface area contributed by atoms with Crippen LogP contribution in [-0.4, -0.2) is 111 Å². The number of aromatic nitrogens is 21. The van der Waals surface area contributed by atoms with Crippen LogP contribution in [0.3, 0.4) is 0 Å². The van der Waals surface area contributed by atoms with E-state index < -0.39 is 0 Å². The number of fused-ring (bicyclic) bond motifs is 5. The van der Waals surface area contributed by atoms with Gasteiger partial charge >= 0.3 is 0 Å². The van der Waals surface area contributed by atoms with Crippen molar-refractivity contribution in [3.8, 4) is 56.3 Å². The van der Waals surface area contributed by atoms with E-state index in [1.807, 2.05) is 208 Å². The van der Waals surface area contributed by atoms with Crippen LogP contribution in [0.25, 0.3) is 111 Å². The summed E-state index contributed by atoms with van der Waals surface area (Å²) < 4.78 is 18.7. The second-order valence-corrected chi connectivity index (χ2v) is 25.9. The van der Waals surface area contributed by atoms with Crippen molar-refractivity contribution >= 4 is 54.5 Å². The summed E-state index contributed by atoms with van der Waals surface area (Å²) in [6.07, 6.45) is 5.52. The fourth-order valence-corrected chi connectivity index (χ4v) is 13.2. The van der Waals surface area contributed by atoms with Crippen molar-refractivity contribution in [3.63, 3.8) is 0 Å². The zero-order valence-electron chi connectivity index (χ0n) is 60.2. The predicted octanol–water partition coefficient (Wildman–Crippen LogP) is 16.1. The van der Waals surface area contributed by atoms with Gasteiger partial charge in [0.05, 0.1) is 65.7 Å². The molecule has 9 aromatic heterocycles. The summed E-state index contributed by atoms with van der Waals surface area (Å²) in [7, 11) is 5.52. The first-order chi connectivity index (χ1) is 53.7. The zero-order chi connectivity index (χ0) is 73.8. The van der Waals surface area contributed by atoms with Crippen LogP contribution in [0.15, 0.2) is 318 Å². The summed E-state index contributed by atoms with van der Waals surface area (Å²) in [5.41, 5.74) is 18.8. The molecule has 109 heavy (non-hydrogen) atoms. The molecule has 0 atom stereocenters. The topological polar surface area (TPSA) is 245 Å². The van der Waals surface area contributed by atoms with E-state index in [0.717, 1.165) is 134 Å². The van der Waals surface area contributed by atoms with Crippen molar-refractivity contribution in [1.82, 2.24) is 104 Å². The fourth-order valence-electron chi connectivity index (χ4n) is 13.2. The molecule has 0 saturated carbocycles. The Morgan fingerprint density at radius 1 is 0.376 bits per heavy atom. The van der Waals surface area contributed by atoms with E-state index in [9.17, 15) is 0 Å². The first-order valence-corrected chi connectivity index (χ1v) is 35.6. The number of benzene rings is 10. The third-order valence-electron chi connectivity index (χ3n) is 18.3. The summed E-state index contributed by atoms with van der Waals surface area (Å²) in [6.45, 7) is 5.56. The molecule has 24 nitrogen and oxygen atoms in total. The minimum Gasteiger partial charge on any atom is -0.359 e. The molecule has 1 aliphatic heterocycles. The Morgan fingerprint density at radius 3 is 1.09 bits per heavy atom. The first kappa shape index (κ1) is 68.9. The van der Waals surface area contributed by atoms with Gasteiger partial charge in [0.15, 0.2) is 11.6 Å². The van der Waals surface area contributed by atoms with Crippen LogP contribution in [0.1, 0.15) is 28.8 Å². The van der Waals surface area contributed by atoms with Gasteiger partial charge in [-0.25, -0.2) is 4.98 Å². The average molecular weight is 1430 g/mol. The number of aryl methyl sites for hydroxylation is 4. The van der Waals surface area contributed by atoms with E-state index in [1.165, 1.54) is 10.2 Å². The molecule has 19 aromatic rings. The van der Waals surface area contributed by atoms with Gasteiger partial charge in [0.1, 0.15) is 65.9 Å². The Hall–Kier alpha value is -14.6. The van der Waals surface area contributed by atoms with Crippen molar-refractivity contribution in [2.45, 2.75) is 39.6 Å². The first-order valence-electron chi connectivity index (χ1n) is 35.6. The van der Waals surface area contributed by atoms with Crippen molar-refractivity contribution in [1.29, 1.82) is 0 Å². The maximum atomic E-state index is 5.32. The molecule has 0 amide bonds. The molecule has 0 N–H and O–H groups in total. The summed E-state index contributed by atoms with van der Waals surface area (Å²) in [5.74, 6) is 2.34. The Balaban J connectivity index is 0.000000104. The summed E-state index contributed by atoms with van der Waals surface area (Å²) in [4.78, 5) is 5.75. The summed E-state index contributed by atoms with van der Waals surface area (Å²) in [6, 6.07) is 94.5. The molecule has 0 radical (unpaired) electrons. The van der Waals surface area contributed by atoms with Crippen molar-refractivity contribution in [2.24, 2.45) is 31.4 Å². The van der Waals surface area contributed by atoms with Gasteiger partial charge in [0, 0.05) is 81.1 Å². The quantitative estimate of drug-likeness (QED) is 0.0927. The Morgan fingerprint density at radius 2 is 0.752 bits per heavy atom. The summed E-state index contributed by atoms with van der Waals surface area (Å²) >= 11 is 0. The molecule has 24 heteroatoms. The van der Waals surface area contributed by atoms with Crippen molar-refractivity contribution in [3.05, 3.63) is 332 Å². The lowest BCUT2D eigenvalue weighted by molar-refractivity contribution is 0.370. The molecule has 10 aromatic carbocycles. The molecule has 0 bridgehead atoms. The minimum absolute atomic E-state index is 0.501. The molecule has 0 unspecified atom stereocenters. The molecule has 0 aliphatic carbocycles. The minimum atomic E-state index is 0.501. The zero-order valence-corrected chi connectivity index (χ0v) is 60.2. The molecule has 0 saturated heterocycles. The normalized spacial score (nSPS) is 11.7. The average Bonchev–Trinajstić information content (AvgIpc) is 1.66. The molecule has 20 rings (SSSR count).